The van der Waals surface area contributed by atoms with Gasteiger partial charge in [-0.15, -0.1) is 6.58 Å². The third-order valence-electron chi connectivity index (χ3n) is 5.98. The fraction of sp³-hybridized carbons (Fsp3) is 0.370. The zero-order chi connectivity index (χ0) is 20.5. The Morgan fingerprint density at radius 2 is 1.55 bits per heavy atom. The van der Waals surface area contributed by atoms with E-state index in [0.29, 0.717) is 5.56 Å². The molecule has 3 rings (SSSR count). The smallest absolute Gasteiger partial charge is 0.142 e. The molecular formula is C27H28FN. The van der Waals surface area contributed by atoms with Crippen LogP contribution in [0.25, 0.3) is 0 Å². The molecule has 2 heteroatoms. The lowest BCUT2D eigenvalue weighted by Crippen LogP contribution is -2.15. The quantitative estimate of drug-likeness (QED) is 0.396. The monoisotopic (exact) mass is 385 g/mol. The summed E-state index contributed by atoms with van der Waals surface area (Å²) in [6, 6.07) is 14.7. The molecule has 0 spiro atoms. The number of hydrogen-bond donors (Lipinski definition) is 0. The van der Waals surface area contributed by atoms with Crippen molar-refractivity contribution in [2.75, 3.05) is 0 Å². The predicted octanol–water partition coefficient (Wildman–Crippen LogP) is 6.80. The summed E-state index contributed by atoms with van der Waals surface area (Å²) in [5.41, 5.74) is 2.90. The van der Waals surface area contributed by atoms with Crippen LogP contribution in [0.5, 0.6) is 0 Å². The van der Waals surface area contributed by atoms with Crippen molar-refractivity contribution in [1.82, 2.24) is 0 Å². The third kappa shape index (κ3) is 6.33. The highest BCUT2D eigenvalue weighted by molar-refractivity contribution is 5.45. The standard InChI is InChI=1S/C27H28FN/c1-2-3-4-21-5-7-22(8-6-21)9-10-23-11-13-24(14-12-23)15-16-25-17-18-26(20-29)27(28)19-25/h2,11-14,17-19,21-22H,1,3-10H2. The Morgan fingerprint density at radius 3 is 2.17 bits per heavy atom. The van der Waals surface area contributed by atoms with Crippen LogP contribution in [0.15, 0.2) is 55.1 Å². The summed E-state index contributed by atoms with van der Waals surface area (Å²) in [6.07, 6.45) is 12.4. The summed E-state index contributed by atoms with van der Waals surface area (Å²) in [7, 11) is 0. The highest BCUT2D eigenvalue weighted by Crippen LogP contribution is 2.33. The van der Waals surface area contributed by atoms with Gasteiger partial charge >= 0.3 is 0 Å². The molecule has 0 radical (unpaired) electrons. The largest absolute Gasteiger partial charge is 0.206 e. The normalized spacial score (nSPS) is 18.3. The maximum absolute atomic E-state index is 13.6. The van der Waals surface area contributed by atoms with E-state index in [1.165, 1.54) is 56.2 Å². The van der Waals surface area contributed by atoms with E-state index in [-0.39, 0.29) is 5.56 Å². The van der Waals surface area contributed by atoms with Gasteiger partial charge in [0.25, 0.3) is 0 Å². The molecular weight excluding hydrogens is 357 g/mol. The Labute approximate surface area is 174 Å². The van der Waals surface area contributed by atoms with Crippen molar-refractivity contribution in [3.05, 3.63) is 83.2 Å². The van der Waals surface area contributed by atoms with Crippen molar-refractivity contribution in [1.29, 1.82) is 5.26 Å². The Hall–Kier alpha value is -2.84. The minimum atomic E-state index is -0.524. The molecule has 1 aliphatic rings. The van der Waals surface area contributed by atoms with Crippen LogP contribution in [0.2, 0.25) is 0 Å². The number of benzene rings is 2. The zero-order valence-corrected chi connectivity index (χ0v) is 17.0. The first-order chi connectivity index (χ1) is 14.2. The average Bonchev–Trinajstić information content (AvgIpc) is 2.76. The summed E-state index contributed by atoms with van der Waals surface area (Å²) >= 11 is 0. The molecule has 2 aromatic carbocycles. The van der Waals surface area contributed by atoms with Gasteiger partial charge in [-0.05, 0) is 73.4 Å². The van der Waals surface area contributed by atoms with Crippen LogP contribution in [0.3, 0.4) is 0 Å². The van der Waals surface area contributed by atoms with E-state index in [1.54, 1.807) is 6.07 Å². The summed E-state index contributed by atoms with van der Waals surface area (Å²) < 4.78 is 13.6. The molecule has 0 aromatic heterocycles. The lowest BCUT2D eigenvalue weighted by atomic mass is 9.78. The maximum Gasteiger partial charge on any atom is 0.142 e. The van der Waals surface area contributed by atoms with Gasteiger partial charge in [0.2, 0.25) is 0 Å². The van der Waals surface area contributed by atoms with Gasteiger partial charge in [0, 0.05) is 11.1 Å². The average molecular weight is 386 g/mol. The van der Waals surface area contributed by atoms with Crippen molar-refractivity contribution < 1.29 is 4.39 Å². The number of allylic oxidation sites excluding steroid dienone is 1. The first-order valence-electron chi connectivity index (χ1n) is 10.6. The second-order valence-electron chi connectivity index (χ2n) is 8.04. The van der Waals surface area contributed by atoms with Crippen LogP contribution in [-0.2, 0) is 6.42 Å². The maximum atomic E-state index is 13.6. The summed E-state index contributed by atoms with van der Waals surface area (Å²) in [6.45, 7) is 3.83. The van der Waals surface area contributed by atoms with Crippen LogP contribution in [0.4, 0.5) is 4.39 Å². The van der Waals surface area contributed by atoms with Crippen LogP contribution < -0.4 is 0 Å². The number of hydrogen-bond acceptors (Lipinski definition) is 1. The van der Waals surface area contributed by atoms with Gasteiger partial charge in [-0.1, -0.05) is 55.7 Å². The Bertz CT molecular complexity index is 916. The van der Waals surface area contributed by atoms with Gasteiger partial charge < -0.3 is 0 Å². The molecule has 0 N–H and O–H groups in total. The molecule has 0 heterocycles. The number of nitriles is 1. The highest BCUT2D eigenvalue weighted by atomic mass is 19.1. The fourth-order valence-corrected chi connectivity index (χ4v) is 4.12. The van der Waals surface area contributed by atoms with Crippen LogP contribution in [0, 0.1) is 40.8 Å². The summed E-state index contributed by atoms with van der Waals surface area (Å²) in [5.74, 6) is 7.29. The molecule has 0 atom stereocenters. The van der Waals surface area contributed by atoms with Crippen molar-refractivity contribution in [3.8, 4) is 17.9 Å². The molecule has 2 aromatic rings. The van der Waals surface area contributed by atoms with Gasteiger partial charge in [0.1, 0.15) is 11.9 Å². The summed E-state index contributed by atoms with van der Waals surface area (Å²) in [5, 5.41) is 8.78. The summed E-state index contributed by atoms with van der Waals surface area (Å²) in [4.78, 5) is 0. The molecule has 0 unspecified atom stereocenters. The van der Waals surface area contributed by atoms with E-state index in [0.717, 1.165) is 30.2 Å². The lowest BCUT2D eigenvalue weighted by molar-refractivity contribution is 0.254. The second kappa shape index (κ2) is 10.6. The molecule has 0 amide bonds. The Morgan fingerprint density at radius 1 is 0.931 bits per heavy atom. The lowest BCUT2D eigenvalue weighted by Gasteiger charge is -2.28. The molecule has 29 heavy (non-hydrogen) atoms. The minimum absolute atomic E-state index is 0.0464. The topological polar surface area (TPSA) is 23.8 Å². The van der Waals surface area contributed by atoms with Crippen LogP contribution >= 0.6 is 0 Å². The van der Waals surface area contributed by atoms with Crippen molar-refractivity contribution in [3.63, 3.8) is 0 Å². The molecule has 0 saturated heterocycles. The van der Waals surface area contributed by atoms with Gasteiger partial charge in [-0.3, -0.25) is 0 Å². The fourth-order valence-electron chi connectivity index (χ4n) is 4.12. The first-order valence-corrected chi connectivity index (χ1v) is 10.6. The van der Waals surface area contributed by atoms with Gasteiger partial charge in [-0.25, -0.2) is 4.39 Å². The van der Waals surface area contributed by atoms with Crippen molar-refractivity contribution in [2.24, 2.45) is 11.8 Å². The minimum Gasteiger partial charge on any atom is -0.206 e. The number of halogens is 1. The number of rotatable bonds is 6. The molecule has 0 bridgehead atoms. The van der Waals surface area contributed by atoms with Crippen molar-refractivity contribution >= 4 is 0 Å². The zero-order valence-electron chi connectivity index (χ0n) is 17.0. The van der Waals surface area contributed by atoms with Crippen LogP contribution in [0.1, 0.15) is 67.2 Å². The first kappa shape index (κ1) is 20.9. The van der Waals surface area contributed by atoms with Gasteiger partial charge in [0.15, 0.2) is 0 Å². The van der Waals surface area contributed by atoms with E-state index in [4.69, 9.17) is 5.26 Å². The molecule has 1 nitrogen and oxygen atoms in total. The molecule has 1 aliphatic carbocycles. The van der Waals surface area contributed by atoms with E-state index in [1.807, 2.05) is 24.3 Å². The van der Waals surface area contributed by atoms with Gasteiger partial charge in [-0.2, -0.15) is 5.26 Å². The molecule has 1 fully saturated rings. The predicted molar refractivity (Wildman–Crippen MR) is 117 cm³/mol. The van der Waals surface area contributed by atoms with E-state index in [9.17, 15) is 4.39 Å². The molecule has 1 saturated carbocycles. The van der Waals surface area contributed by atoms with Crippen molar-refractivity contribution in [2.45, 2.75) is 51.4 Å². The number of nitrogens with zero attached hydrogens (tertiary/aromatic N) is 1. The Balaban J connectivity index is 1.48. The second-order valence-corrected chi connectivity index (χ2v) is 8.04. The van der Waals surface area contributed by atoms with Gasteiger partial charge in [0.05, 0.1) is 5.56 Å². The van der Waals surface area contributed by atoms with E-state index in [2.05, 4.69) is 30.6 Å². The Kier molecular flexibility index (Phi) is 7.66. The number of aryl methyl sites for hydroxylation is 1. The highest BCUT2D eigenvalue weighted by Gasteiger charge is 2.20. The van der Waals surface area contributed by atoms with E-state index >= 15 is 0 Å². The van der Waals surface area contributed by atoms with E-state index < -0.39 is 5.82 Å². The molecule has 148 valence electrons. The molecule has 0 aliphatic heterocycles. The third-order valence-corrected chi connectivity index (χ3v) is 5.98. The SMILES string of the molecule is C=CCCC1CCC(CCc2ccc(C#Cc3ccc(C#N)c(F)c3)cc2)CC1. The van der Waals surface area contributed by atoms with Crippen LogP contribution in [-0.4, -0.2) is 0 Å².